The fourth-order valence-electron chi connectivity index (χ4n) is 2.64. The molecule has 0 spiro atoms. The van der Waals surface area contributed by atoms with E-state index in [1.165, 1.54) is 17.8 Å². The zero-order chi connectivity index (χ0) is 20.6. The van der Waals surface area contributed by atoms with Crippen LogP contribution < -0.4 is 14.8 Å². The molecule has 0 fully saturated rings. The summed E-state index contributed by atoms with van der Waals surface area (Å²) in [6.07, 6.45) is -3.54. The summed E-state index contributed by atoms with van der Waals surface area (Å²) >= 11 is 0. The first kappa shape index (κ1) is 20.3. The fourth-order valence-corrected chi connectivity index (χ4v) is 3.79. The van der Waals surface area contributed by atoms with Crippen LogP contribution in [0.4, 0.5) is 23.2 Å². The number of halogens is 4. The number of aromatic nitrogens is 1. The maximum absolute atomic E-state index is 13.4. The molecule has 3 N–H and O–H groups in total. The van der Waals surface area contributed by atoms with Crippen molar-refractivity contribution in [1.82, 2.24) is 9.29 Å². The van der Waals surface area contributed by atoms with E-state index in [9.17, 15) is 31.7 Å². The highest BCUT2D eigenvalue weighted by molar-refractivity contribution is 7.83. The fraction of sp³-hybridized carbons (Fsp3) is 0.312. The second-order valence-corrected chi connectivity index (χ2v) is 7.22. The van der Waals surface area contributed by atoms with Gasteiger partial charge in [0.25, 0.3) is 5.91 Å². The van der Waals surface area contributed by atoms with Crippen LogP contribution in [-0.2, 0) is 24.2 Å². The monoisotopic (exact) mass is 421 g/mol. The van der Waals surface area contributed by atoms with Gasteiger partial charge in [0.1, 0.15) is 28.3 Å². The zero-order valence-corrected chi connectivity index (χ0v) is 15.2. The van der Waals surface area contributed by atoms with Gasteiger partial charge in [-0.25, -0.2) is 13.3 Å². The highest BCUT2D eigenvalue weighted by atomic mass is 32.2. The Labute approximate surface area is 158 Å². The maximum Gasteiger partial charge on any atom is 0.419 e. The van der Waals surface area contributed by atoms with Crippen LogP contribution in [0.5, 0.6) is 5.75 Å². The van der Waals surface area contributed by atoms with Gasteiger partial charge in [-0.05, 0) is 18.2 Å². The average Bonchev–Trinajstić information content (AvgIpc) is 2.87. The summed E-state index contributed by atoms with van der Waals surface area (Å²) in [6, 6.07) is 1.45. The smallest absolute Gasteiger partial charge is 0.419 e. The maximum atomic E-state index is 13.4. The predicted molar refractivity (Wildman–Crippen MR) is 90.7 cm³/mol. The molecule has 2 heterocycles. The van der Waals surface area contributed by atoms with Crippen molar-refractivity contribution in [3.05, 3.63) is 41.5 Å². The van der Waals surface area contributed by atoms with Crippen molar-refractivity contribution >= 4 is 22.6 Å². The summed E-state index contributed by atoms with van der Waals surface area (Å²) in [7, 11) is -0.296. The minimum Gasteiger partial charge on any atom is -0.488 e. The summed E-state index contributed by atoms with van der Waals surface area (Å²) in [5.74, 6) is -2.30. The Balaban J connectivity index is 1.92. The first-order valence-corrected chi connectivity index (χ1v) is 9.05. The molecule has 0 saturated heterocycles. The van der Waals surface area contributed by atoms with Gasteiger partial charge in [0, 0.05) is 18.9 Å². The molecular weight excluding hydrogens is 406 g/mol. The Hall–Kier alpha value is -2.44. The number of carbonyl (C=O) groups excluding carboxylic acids is 1. The van der Waals surface area contributed by atoms with E-state index in [0.717, 1.165) is 6.07 Å². The Morgan fingerprint density at radius 1 is 1.46 bits per heavy atom. The van der Waals surface area contributed by atoms with Crippen molar-refractivity contribution in [3.63, 3.8) is 0 Å². The van der Waals surface area contributed by atoms with Crippen molar-refractivity contribution in [1.29, 1.82) is 0 Å². The average molecular weight is 421 g/mol. The van der Waals surface area contributed by atoms with Crippen LogP contribution in [0, 0.1) is 5.82 Å². The minimum absolute atomic E-state index is 0.0139. The van der Waals surface area contributed by atoms with Gasteiger partial charge in [-0.2, -0.15) is 13.2 Å². The number of nitrogens with one attached hydrogen (secondary N) is 2. The molecule has 3 rings (SSSR count). The molecule has 1 aromatic heterocycles. The summed E-state index contributed by atoms with van der Waals surface area (Å²) in [6.45, 7) is -0.423. The number of aliphatic hydroxyl groups is 1. The van der Waals surface area contributed by atoms with Crippen LogP contribution in [0.1, 0.15) is 16.1 Å². The predicted octanol–water partition coefficient (Wildman–Crippen LogP) is 1.80. The Morgan fingerprint density at radius 3 is 2.82 bits per heavy atom. The van der Waals surface area contributed by atoms with E-state index in [1.807, 2.05) is 0 Å². The Bertz CT molecular complexity index is 945. The van der Waals surface area contributed by atoms with E-state index >= 15 is 0 Å². The van der Waals surface area contributed by atoms with Crippen LogP contribution in [0.2, 0.25) is 0 Å². The van der Waals surface area contributed by atoms with Gasteiger partial charge in [0.05, 0.1) is 18.2 Å². The number of amides is 1. The van der Waals surface area contributed by atoms with Crippen LogP contribution in [0.25, 0.3) is 0 Å². The third kappa shape index (κ3) is 3.88. The lowest BCUT2D eigenvalue weighted by Crippen LogP contribution is -2.36. The van der Waals surface area contributed by atoms with Gasteiger partial charge < -0.3 is 19.7 Å². The number of carbonyl (C=O) groups is 1. The summed E-state index contributed by atoms with van der Waals surface area (Å²) in [4.78, 5) is 12.8. The SMILES string of the molecule is Cn1cc2c(c1C(=O)Nc1ccc(F)c(C(F)(F)F)c1)OCC(CO)NS2=O. The molecule has 0 radical (unpaired) electrons. The normalized spacial score (nSPS) is 19.5. The second kappa shape index (κ2) is 7.53. The Kier molecular flexibility index (Phi) is 5.46. The summed E-state index contributed by atoms with van der Waals surface area (Å²) in [5.41, 5.74) is -1.86. The topological polar surface area (TPSA) is 92.6 Å². The van der Waals surface area contributed by atoms with Gasteiger partial charge >= 0.3 is 6.18 Å². The number of benzene rings is 1. The number of aryl methyl sites for hydroxylation is 1. The van der Waals surface area contributed by atoms with Crippen molar-refractivity contribution < 1.29 is 36.4 Å². The molecule has 2 unspecified atom stereocenters. The molecule has 1 amide bonds. The number of rotatable bonds is 3. The molecule has 2 atom stereocenters. The van der Waals surface area contributed by atoms with Gasteiger partial charge in [-0.3, -0.25) is 4.79 Å². The molecule has 1 aromatic carbocycles. The van der Waals surface area contributed by atoms with E-state index in [2.05, 4.69) is 10.0 Å². The van der Waals surface area contributed by atoms with Crippen molar-refractivity contribution in [3.8, 4) is 5.75 Å². The second-order valence-electron chi connectivity index (χ2n) is 6.01. The number of ether oxygens (including phenoxy) is 1. The molecule has 12 heteroatoms. The first-order chi connectivity index (χ1) is 13.1. The minimum atomic E-state index is -4.92. The highest BCUT2D eigenvalue weighted by Gasteiger charge is 2.35. The van der Waals surface area contributed by atoms with Gasteiger partial charge in [0.2, 0.25) is 0 Å². The number of fused-ring (bicyclic) bond motifs is 1. The van der Waals surface area contributed by atoms with E-state index in [0.29, 0.717) is 12.1 Å². The largest absolute Gasteiger partial charge is 0.488 e. The molecule has 0 aliphatic carbocycles. The summed E-state index contributed by atoms with van der Waals surface area (Å²) < 4.78 is 73.7. The number of hydrogen-bond acceptors (Lipinski definition) is 4. The van der Waals surface area contributed by atoms with Crippen molar-refractivity contribution in [2.45, 2.75) is 17.1 Å². The highest BCUT2D eigenvalue weighted by Crippen LogP contribution is 2.34. The first-order valence-electron chi connectivity index (χ1n) is 7.90. The van der Waals surface area contributed by atoms with Crippen molar-refractivity contribution in [2.75, 3.05) is 18.5 Å². The molecule has 0 bridgehead atoms. The summed E-state index contributed by atoms with van der Waals surface area (Å²) in [5, 5.41) is 11.5. The number of aliphatic hydroxyl groups excluding tert-OH is 1. The number of hydrogen-bond donors (Lipinski definition) is 3. The lowest BCUT2D eigenvalue weighted by atomic mass is 10.1. The third-order valence-corrected chi connectivity index (χ3v) is 5.21. The van der Waals surface area contributed by atoms with E-state index in [1.54, 1.807) is 0 Å². The van der Waals surface area contributed by atoms with E-state index in [4.69, 9.17) is 4.74 Å². The standard InChI is InChI=1S/C16H15F4N3O4S/c1-23-5-12-14(27-7-9(6-24)22-28(12)26)13(23)15(25)21-8-2-3-11(17)10(4-8)16(18,19)20/h2-5,9,22,24H,6-7H2,1H3,(H,21,25). The van der Waals surface area contributed by atoms with Crippen LogP contribution >= 0.6 is 0 Å². The van der Waals surface area contributed by atoms with E-state index < -0.39 is 40.5 Å². The molecule has 28 heavy (non-hydrogen) atoms. The molecule has 0 saturated carbocycles. The third-order valence-electron chi connectivity index (χ3n) is 3.97. The zero-order valence-electron chi connectivity index (χ0n) is 14.3. The molecule has 1 aliphatic rings. The van der Waals surface area contributed by atoms with E-state index in [-0.39, 0.29) is 35.2 Å². The molecule has 7 nitrogen and oxygen atoms in total. The molecule has 2 aromatic rings. The lowest BCUT2D eigenvalue weighted by molar-refractivity contribution is -0.139. The van der Waals surface area contributed by atoms with Crippen molar-refractivity contribution in [2.24, 2.45) is 7.05 Å². The number of alkyl halides is 3. The van der Waals surface area contributed by atoms with Gasteiger partial charge in [0.15, 0.2) is 11.4 Å². The molecule has 1 aliphatic heterocycles. The van der Waals surface area contributed by atoms with Crippen LogP contribution in [-0.4, -0.2) is 39.0 Å². The molecule has 152 valence electrons. The van der Waals surface area contributed by atoms with Gasteiger partial charge in [-0.1, -0.05) is 0 Å². The molecular formula is C16H15F4N3O4S. The number of nitrogens with zero attached hydrogens (tertiary/aromatic N) is 1. The Morgan fingerprint density at radius 2 is 2.18 bits per heavy atom. The lowest BCUT2D eigenvalue weighted by Gasteiger charge is -2.13. The van der Waals surface area contributed by atoms with Crippen LogP contribution in [0.3, 0.4) is 0 Å². The van der Waals surface area contributed by atoms with Crippen LogP contribution in [0.15, 0.2) is 29.3 Å². The number of anilines is 1. The van der Waals surface area contributed by atoms with Gasteiger partial charge in [-0.15, -0.1) is 0 Å². The quantitative estimate of drug-likeness (QED) is 0.659.